The number of H-pyrrole nitrogens is 1. The summed E-state index contributed by atoms with van der Waals surface area (Å²) < 4.78 is 5.25. The standard InChI is InChI=1S/C20H23ClN4O3S/c1-10-12(3)29-20-17(10)19(27)23-18(24-20)11(2)25(4)9-16(26)22-14-8-13(21)6-7-15(14)28-5/h6-8,11H,9H2,1-5H3,(H,22,26)(H,23,24,27). The molecule has 9 heteroatoms. The highest BCUT2D eigenvalue weighted by Gasteiger charge is 2.20. The second kappa shape index (κ2) is 8.52. The first-order chi connectivity index (χ1) is 13.7. The van der Waals surface area contributed by atoms with Gasteiger partial charge in [0.2, 0.25) is 5.91 Å². The van der Waals surface area contributed by atoms with Gasteiger partial charge in [0.25, 0.3) is 5.56 Å². The largest absolute Gasteiger partial charge is 0.495 e. The molecule has 2 N–H and O–H groups in total. The van der Waals surface area contributed by atoms with Gasteiger partial charge < -0.3 is 15.0 Å². The van der Waals surface area contributed by atoms with Crippen molar-refractivity contribution in [1.82, 2.24) is 14.9 Å². The van der Waals surface area contributed by atoms with Gasteiger partial charge in [-0.05, 0) is 51.6 Å². The maximum Gasteiger partial charge on any atom is 0.259 e. The van der Waals surface area contributed by atoms with Crippen molar-refractivity contribution in [3.63, 3.8) is 0 Å². The maximum absolute atomic E-state index is 12.5. The second-order valence-corrected chi connectivity index (χ2v) is 8.54. The van der Waals surface area contributed by atoms with Gasteiger partial charge >= 0.3 is 0 Å². The molecule has 7 nitrogen and oxygen atoms in total. The Balaban J connectivity index is 1.76. The van der Waals surface area contributed by atoms with Crippen LogP contribution < -0.4 is 15.6 Å². The number of fused-ring (bicyclic) bond motifs is 1. The number of aromatic amines is 1. The zero-order chi connectivity index (χ0) is 21.3. The van der Waals surface area contributed by atoms with E-state index in [4.69, 9.17) is 16.3 Å². The number of nitrogens with one attached hydrogen (secondary N) is 2. The number of ether oxygens (including phenoxy) is 1. The van der Waals surface area contributed by atoms with Crippen LogP contribution in [0.2, 0.25) is 5.02 Å². The number of carbonyl (C=O) groups excluding carboxylic acids is 1. The SMILES string of the molecule is COc1ccc(Cl)cc1NC(=O)CN(C)C(C)c1nc2sc(C)c(C)c2c(=O)[nH]1. The molecule has 2 heterocycles. The average Bonchev–Trinajstić information content (AvgIpc) is 2.95. The lowest BCUT2D eigenvalue weighted by Crippen LogP contribution is -2.33. The van der Waals surface area contributed by atoms with Gasteiger partial charge in [0.1, 0.15) is 16.4 Å². The molecule has 0 spiro atoms. The molecule has 1 aromatic carbocycles. The van der Waals surface area contributed by atoms with E-state index < -0.39 is 0 Å². The number of aromatic nitrogens is 2. The van der Waals surface area contributed by atoms with Gasteiger partial charge in [-0.2, -0.15) is 0 Å². The van der Waals surface area contributed by atoms with Crippen LogP contribution in [0.1, 0.15) is 29.2 Å². The van der Waals surface area contributed by atoms with Crippen LogP contribution in [0.3, 0.4) is 0 Å². The normalized spacial score (nSPS) is 12.4. The van der Waals surface area contributed by atoms with E-state index in [0.29, 0.717) is 32.5 Å². The number of carbonyl (C=O) groups is 1. The summed E-state index contributed by atoms with van der Waals surface area (Å²) in [6.07, 6.45) is 0. The van der Waals surface area contributed by atoms with Crippen LogP contribution in [-0.2, 0) is 4.79 Å². The third-order valence-corrected chi connectivity index (χ3v) is 6.28. The number of rotatable bonds is 6. The first-order valence-electron chi connectivity index (χ1n) is 9.04. The van der Waals surface area contributed by atoms with Crippen LogP contribution >= 0.6 is 22.9 Å². The zero-order valence-corrected chi connectivity index (χ0v) is 18.5. The minimum Gasteiger partial charge on any atom is -0.495 e. The molecular formula is C20H23ClN4O3S. The van der Waals surface area contributed by atoms with Crippen LogP contribution in [0, 0.1) is 13.8 Å². The van der Waals surface area contributed by atoms with Gasteiger partial charge in [-0.25, -0.2) is 4.98 Å². The Kier molecular flexibility index (Phi) is 6.26. The summed E-state index contributed by atoms with van der Waals surface area (Å²) >= 11 is 7.51. The quantitative estimate of drug-likeness (QED) is 0.614. The van der Waals surface area contributed by atoms with E-state index in [-0.39, 0.29) is 24.1 Å². The molecule has 154 valence electrons. The monoisotopic (exact) mass is 434 g/mol. The summed E-state index contributed by atoms with van der Waals surface area (Å²) in [5.74, 6) is 0.823. The summed E-state index contributed by atoms with van der Waals surface area (Å²) in [5, 5.41) is 3.95. The lowest BCUT2D eigenvalue weighted by atomic mass is 10.2. The first-order valence-corrected chi connectivity index (χ1v) is 10.2. The third kappa shape index (κ3) is 4.44. The minimum atomic E-state index is -0.262. The van der Waals surface area contributed by atoms with Crippen molar-refractivity contribution in [2.24, 2.45) is 0 Å². The molecule has 0 fully saturated rings. The third-order valence-electron chi connectivity index (χ3n) is 4.94. The van der Waals surface area contributed by atoms with Crippen molar-refractivity contribution in [3.8, 4) is 5.75 Å². The lowest BCUT2D eigenvalue weighted by Gasteiger charge is -2.23. The van der Waals surface area contributed by atoms with E-state index in [1.807, 2.05) is 25.7 Å². The molecule has 0 radical (unpaired) electrons. The fourth-order valence-electron chi connectivity index (χ4n) is 3.01. The maximum atomic E-state index is 12.5. The van der Waals surface area contributed by atoms with E-state index in [1.54, 1.807) is 25.2 Å². The summed E-state index contributed by atoms with van der Waals surface area (Å²) in [7, 11) is 3.33. The van der Waals surface area contributed by atoms with Crippen molar-refractivity contribution in [2.45, 2.75) is 26.8 Å². The fraction of sp³-hybridized carbons (Fsp3) is 0.350. The summed E-state index contributed by atoms with van der Waals surface area (Å²) in [5.41, 5.74) is 1.31. The number of thiophene rings is 1. The molecule has 29 heavy (non-hydrogen) atoms. The van der Waals surface area contributed by atoms with Crippen LogP contribution in [0.5, 0.6) is 5.75 Å². The molecule has 0 bridgehead atoms. The van der Waals surface area contributed by atoms with Gasteiger partial charge in [-0.3, -0.25) is 14.5 Å². The van der Waals surface area contributed by atoms with Crippen molar-refractivity contribution < 1.29 is 9.53 Å². The Morgan fingerprint density at radius 3 is 2.83 bits per heavy atom. The highest BCUT2D eigenvalue weighted by Crippen LogP contribution is 2.28. The number of anilines is 1. The van der Waals surface area contributed by atoms with Crippen molar-refractivity contribution in [2.75, 3.05) is 26.0 Å². The molecule has 0 saturated carbocycles. The molecule has 0 aliphatic carbocycles. The van der Waals surface area contributed by atoms with Gasteiger partial charge in [0.05, 0.1) is 30.8 Å². The molecule has 3 aromatic rings. The summed E-state index contributed by atoms with van der Waals surface area (Å²) in [6, 6.07) is 4.76. The Morgan fingerprint density at radius 2 is 2.14 bits per heavy atom. The van der Waals surface area contributed by atoms with Crippen LogP contribution in [0.15, 0.2) is 23.0 Å². The molecule has 3 rings (SSSR count). The lowest BCUT2D eigenvalue weighted by molar-refractivity contribution is -0.117. The number of amides is 1. The highest BCUT2D eigenvalue weighted by molar-refractivity contribution is 7.18. The number of halogens is 1. The van der Waals surface area contributed by atoms with Gasteiger partial charge in [0.15, 0.2) is 0 Å². The molecule has 0 aliphatic heterocycles. The number of likely N-dealkylation sites (N-methyl/N-ethyl adjacent to an activating group) is 1. The molecule has 0 saturated heterocycles. The van der Waals surface area contributed by atoms with Crippen molar-refractivity contribution in [3.05, 3.63) is 49.8 Å². The fourth-order valence-corrected chi connectivity index (χ4v) is 4.22. The zero-order valence-electron chi connectivity index (χ0n) is 16.9. The van der Waals surface area contributed by atoms with Crippen molar-refractivity contribution >= 4 is 44.7 Å². The Labute approximate surface area is 177 Å². The number of methoxy groups -OCH3 is 1. The molecular weight excluding hydrogens is 412 g/mol. The Bertz CT molecular complexity index is 1120. The Morgan fingerprint density at radius 1 is 1.41 bits per heavy atom. The number of nitrogens with zero attached hydrogens (tertiary/aromatic N) is 2. The minimum absolute atomic E-state index is 0.0983. The van der Waals surface area contributed by atoms with E-state index in [2.05, 4.69) is 15.3 Å². The highest BCUT2D eigenvalue weighted by atomic mass is 35.5. The molecule has 1 atom stereocenters. The van der Waals surface area contributed by atoms with Gasteiger partial charge in [0, 0.05) is 9.90 Å². The van der Waals surface area contributed by atoms with E-state index >= 15 is 0 Å². The van der Waals surface area contributed by atoms with E-state index in [0.717, 1.165) is 10.4 Å². The summed E-state index contributed by atoms with van der Waals surface area (Å²) in [4.78, 5) is 36.1. The molecule has 1 amide bonds. The van der Waals surface area contributed by atoms with Crippen molar-refractivity contribution in [1.29, 1.82) is 0 Å². The van der Waals surface area contributed by atoms with Gasteiger partial charge in [-0.1, -0.05) is 11.6 Å². The molecule has 1 unspecified atom stereocenters. The number of benzene rings is 1. The predicted molar refractivity (Wildman–Crippen MR) is 117 cm³/mol. The number of aryl methyl sites for hydroxylation is 2. The topological polar surface area (TPSA) is 87.3 Å². The number of hydrogen-bond acceptors (Lipinski definition) is 6. The van der Waals surface area contributed by atoms with Crippen LogP contribution in [-0.4, -0.2) is 41.5 Å². The van der Waals surface area contributed by atoms with Gasteiger partial charge in [-0.15, -0.1) is 11.3 Å². The average molecular weight is 435 g/mol. The molecule has 2 aromatic heterocycles. The first kappa shape index (κ1) is 21.3. The smallest absolute Gasteiger partial charge is 0.259 e. The second-order valence-electron chi connectivity index (χ2n) is 6.90. The number of hydrogen-bond donors (Lipinski definition) is 2. The molecule has 0 aliphatic rings. The van der Waals surface area contributed by atoms with E-state index in [9.17, 15) is 9.59 Å². The summed E-state index contributed by atoms with van der Waals surface area (Å²) in [6.45, 7) is 5.89. The Hall–Kier alpha value is -2.42. The van der Waals surface area contributed by atoms with Crippen LogP contribution in [0.25, 0.3) is 10.2 Å². The van der Waals surface area contributed by atoms with E-state index in [1.165, 1.54) is 18.4 Å². The van der Waals surface area contributed by atoms with Crippen LogP contribution in [0.4, 0.5) is 5.69 Å². The predicted octanol–water partition coefficient (Wildman–Crippen LogP) is 3.89.